The Balaban J connectivity index is 1.86. The summed E-state index contributed by atoms with van der Waals surface area (Å²) in [6, 6.07) is 10.7. The maximum absolute atomic E-state index is 12.8. The van der Waals surface area contributed by atoms with Crippen LogP contribution in [0.3, 0.4) is 0 Å². The predicted octanol–water partition coefficient (Wildman–Crippen LogP) is 3.34. The maximum Gasteiger partial charge on any atom is 0.206 e. The lowest BCUT2D eigenvalue weighted by Gasteiger charge is -2.07. The van der Waals surface area contributed by atoms with Crippen LogP contribution in [0.25, 0.3) is 6.08 Å². The van der Waals surface area contributed by atoms with Crippen molar-refractivity contribution in [1.29, 1.82) is 0 Å². The van der Waals surface area contributed by atoms with Gasteiger partial charge in [0.05, 0.1) is 9.80 Å². The lowest BCUT2D eigenvalue weighted by molar-refractivity contribution is 0.358. The molecular formula is C16H13FO3S. The summed E-state index contributed by atoms with van der Waals surface area (Å²) in [4.78, 5) is 0.538. The summed E-state index contributed by atoms with van der Waals surface area (Å²) in [5.74, 6) is 0.0678. The van der Waals surface area contributed by atoms with Crippen molar-refractivity contribution in [3.63, 3.8) is 0 Å². The number of hydrogen-bond donors (Lipinski definition) is 0. The number of ether oxygens (including phenoxy) is 1. The molecule has 1 aliphatic rings. The third-order valence-corrected chi connectivity index (χ3v) is 5.28. The van der Waals surface area contributed by atoms with Crippen molar-refractivity contribution in [2.45, 2.75) is 11.8 Å². The van der Waals surface area contributed by atoms with E-state index in [1.165, 1.54) is 24.3 Å². The number of hydrogen-bond acceptors (Lipinski definition) is 3. The van der Waals surface area contributed by atoms with Crippen LogP contribution in [0, 0.1) is 12.7 Å². The standard InChI is InChI=1S/C16H13FO3S/c1-11-3-2-4-16-15(11)9-14(21(16,18)19)10-20-13-7-5-12(17)6-8-13/h2-9H,10H2,1H3. The zero-order valence-electron chi connectivity index (χ0n) is 11.3. The van der Waals surface area contributed by atoms with Crippen molar-refractivity contribution < 1.29 is 17.5 Å². The van der Waals surface area contributed by atoms with Gasteiger partial charge in [0.2, 0.25) is 9.84 Å². The van der Waals surface area contributed by atoms with E-state index >= 15 is 0 Å². The van der Waals surface area contributed by atoms with Gasteiger partial charge in [0.25, 0.3) is 0 Å². The molecule has 108 valence electrons. The number of sulfone groups is 1. The molecule has 0 saturated heterocycles. The lowest BCUT2D eigenvalue weighted by atomic mass is 10.1. The molecule has 0 aliphatic carbocycles. The Morgan fingerprint density at radius 3 is 2.48 bits per heavy atom. The average Bonchev–Trinajstić information content (AvgIpc) is 2.71. The van der Waals surface area contributed by atoms with Gasteiger partial charge in [0, 0.05) is 0 Å². The molecule has 0 radical (unpaired) electrons. The van der Waals surface area contributed by atoms with Gasteiger partial charge in [-0.2, -0.15) is 0 Å². The molecule has 0 fully saturated rings. The summed E-state index contributed by atoms with van der Waals surface area (Å²) in [7, 11) is -3.49. The van der Waals surface area contributed by atoms with Gasteiger partial charge in [-0.05, 0) is 54.5 Å². The maximum atomic E-state index is 12.8. The summed E-state index contributed by atoms with van der Waals surface area (Å²) >= 11 is 0. The Morgan fingerprint density at radius 1 is 1.10 bits per heavy atom. The van der Waals surface area contributed by atoms with Crippen LogP contribution in [-0.4, -0.2) is 15.0 Å². The van der Waals surface area contributed by atoms with Crippen LogP contribution in [0.1, 0.15) is 11.1 Å². The minimum Gasteiger partial charge on any atom is -0.488 e. The second-order valence-corrected chi connectivity index (χ2v) is 6.81. The van der Waals surface area contributed by atoms with Crippen molar-refractivity contribution >= 4 is 15.9 Å². The van der Waals surface area contributed by atoms with Crippen LogP contribution < -0.4 is 4.74 Å². The smallest absolute Gasteiger partial charge is 0.206 e. The Kier molecular flexibility index (Phi) is 3.29. The predicted molar refractivity (Wildman–Crippen MR) is 78.2 cm³/mol. The number of rotatable bonds is 3. The minimum atomic E-state index is -3.49. The highest BCUT2D eigenvalue weighted by Crippen LogP contribution is 2.34. The second-order valence-electron chi connectivity index (χ2n) is 4.84. The molecule has 5 heteroatoms. The lowest BCUT2D eigenvalue weighted by Crippen LogP contribution is -2.09. The topological polar surface area (TPSA) is 43.4 Å². The summed E-state index contributed by atoms with van der Waals surface area (Å²) in [5.41, 5.74) is 1.63. The normalized spacial score (nSPS) is 15.4. The molecule has 2 aromatic rings. The van der Waals surface area contributed by atoms with Gasteiger partial charge in [0.1, 0.15) is 18.2 Å². The van der Waals surface area contributed by atoms with Crippen molar-refractivity contribution in [1.82, 2.24) is 0 Å². The molecule has 0 amide bonds. The molecule has 3 nitrogen and oxygen atoms in total. The van der Waals surface area contributed by atoms with E-state index in [-0.39, 0.29) is 17.3 Å². The fourth-order valence-electron chi connectivity index (χ4n) is 2.26. The van der Waals surface area contributed by atoms with E-state index in [1.807, 2.05) is 13.0 Å². The van der Waals surface area contributed by atoms with E-state index in [1.54, 1.807) is 18.2 Å². The van der Waals surface area contributed by atoms with Gasteiger partial charge in [-0.1, -0.05) is 12.1 Å². The molecule has 0 aromatic heterocycles. The Bertz CT molecular complexity index is 821. The number of fused-ring (bicyclic) bond motifs is 1. The summed E-state index contributed by atoms with van der Waals surface area (Å²) < 4.78 is 43.1. The van der Waals surface area contributed by atoms with Crippen molar-refractivity contribution in [3.05, 3.63) is 64.3 Å². The highest BCUT2D eigenvalue weighted by atomic mass is 32.2. The van der Waals surface area contributed by atoms with Gasteiger partial charge in [-0.15, -0.1) is 0 Å². The molecule has 1 aliphatic heterocycles. The molecule has 21 heavy (non-hydrogen) atoms. The molecule has 1 heterocycles. The quantitative estimate of drug-likeness (QED) is 0.873. The molecule has 0 atom stereocenters. The van der Waals surface area contributed by atoms with Crippen LogP contribution in [0.2, 0.25) is 0 Å². The van der Waals surface area contributed by atoms with E-state index in [0.717, 1.165) is 11.1 Å². The fourth-order valence-corrected chi connectivity index (χ4v) is 3.79. The largest absolute Gasteiger partial charge is 0.488 e. The molecule has 0 bridgehead atoms. The molecule has 3 rings (SSSR count). The molecule has 0 unspecified atom stereocenters. The summed E-state index contributed by atoms with van der Waals surface area (Å²) in [5, 5.41) is 0. The van der Waals surface area contributed by atoms with E-state index in [2.05, 4.69) is 0 Å². The van der Waals surface area contributed by atoms with Gasteiger partial charge in [-0.3, -0.25) is 0 Å². The van der Waals surface area contributed by atoms with Gasteiger partial charge in [0.15, 0.2) is 0 Å². The van der Waals surface area contributed by atoms with Crippen LogP contribution in [0.5, 0.6) is 5.75 Å². The van der Waals surface area contributed by atoms with Crippen LogP contribution in [0.4, 0.5) is 4.39 Å². The fraction of sp³-hybridized carbons (Fsp3) is 0.125. The van der Waals surface area contributed by atoms with E-state index in [9.17, 15) is 12.8 Å². The summed E-state index contributed by atoms with van der Waals surface area (Å²) in [6.07, 6.45) is 1.64. The first-order chi connectivity index (χ1) is 9.98. The SMILES string of the molecule is Cc1cccc2c1C=C(COc1ccc(F)cc1)S2(=O)=O. The first-order valence-electron chi connectivity index (χ1n) is 6.42. The van der Waals surface area contributed by atoms with Crippen LogP contribution >= 0.6 is 0 Å². The molecule has 0 spiro atoms. The number of benzene rings is 2. The zero-order chi connectivity index (χ0) is 15.0. The first kappa shape index (κ1) is 13.8. The van der Waals surface area contributed by atoms with E-state index in [0.29, 0.717) is 10.6 Å². The Hall–Kier alpha value is -2.14. The number of halogens is 1. The van der Waals surface area contributed by atoms with Gasteiger partial charge < -0.3 is 4.74 Å². The molecule has 2 aromatic carbocycles. The van der Waals surface area contributed by atoms with E-state index in [4.69, 9.17) is 4.74 Å². The first-order valence-corrected chi connectivity index (χ1v) is 7.90. The molecular weight excluding hydrogens is 291 g/mol. The Labute approximate surface area is 122 Å². The zero-order valence-corrected chi connectivity index (χ0v) is 12.2. The highest BCUT2D eigenvalue weighted by molar-refractivity contribution is 7.95. The van der Waals surface area contributed by atoms with Crippen molar-refractivity contribution in [2.24, 2.45) is 0 Å². The second kappa shape index (κ2) is 5.00. The van der Waals surface area contributed by atoms with Crippen LogP contribution in [0.15, 0.2) is 52.3 Å². The number of aryl methyl sites for hydroxylation is 1. The third-order valence-electron chi connectivity index (χ3n) is 3.42. The van der Waals surface area contributed by atoms with Gasteiger partial charge in [-0.25, -0.2) is 12.8 Å². The van der Waals surface area contributed by atoms with Gasteiger partial charge >= 0.3 is 0 Å². The van der Waals surface area contributed by atoms with E-state index < -0.39 is 9.84 Å². The molecule has 0 N–H and O–H groups in total. The average molecular weight is 304 g/mol. The molecule has 0 saturated carbocycles. The monoisotopic (exact) mass is 304 g/mol. The Morgan fingerprint density at radius 2 is 1.81 bits per heavy atom. The third kappa shape index (κ3) is 2.45. The van der Waals surface area contributed by atoms with Crippen molar-refractivity contribution in [2.75, 3.05) is 6.61 Å². The summed E-state index contributed by atoms with van der Waals surface area (Å²) in [6.45, 7) is 1.80. The van der Waals surface area contributed by atoms with Crippen molar-refractivity contribution in [3.8, 4) is 5.75 Å². The minimum absolute atomic E-state index is 0.0674. The van der Waals surface area contributed by atoms with Crippen LogP contribution in [-0.2, 0) is 9.84 Å². The highest BCUT2D eigenvalue weighted by Gasteiger charge is 2.30.